The second-order valence-corrected chi connectivity index (χ2v) is 10.1. The Hall–Kier alpha value is -1.14. The molecule has 158 valence electrons. The molecule has 8 unspecified atom stereocenters. The van der Waals surface area contributed by atoms with Gasteiger partial charge in [-0.3, -0.25) is 0 Å². The maximum absolute atomic E-state index is 12.5. The summed E-state index contributed by atoms with van der Waals surface area (Å²) in [5, 5.41) is 23.4. The topological polar surface area (TPSA) is 105 Å². The average molecular weight is 392 g/mol. The van der Waals surface area contributed by atoms with Gasteiger partial charge in [-0.2, -0.15) is 0 Å². The van der Waals surface area contributed by atoms with Gasteiger partial charge in [0.25, 0.3) is 0 Å². The Morgan fingerprint density at radius 3 is 1.79 bits per heavy atom. The lowest BCUT2D eigenvalue weighted by atomic mass is 9.64. The van der Waals surface area contributed by atoms with Gasteiger partial charge in [-0.1, -0.05) is 13.8 Å². The van der Waals surface area contributed by atoms with Crippen molar-refractivity contribution in [2.24, 2.45) is 29.1 Å². The van der Waals surface area contributed by atoms with E-state index in [1.807, 2.05) is 0 Å². The number of hydrogen-bond donors (Lipinski definition) is 0. The minimum atomic E-state index is -1.12. The summed E-state index contributed by atoms with van der Waals surface area (Å²) >= 11 is 0. The van der Waals surface area contributed by atoms with Crippen LogP contribution in [0.15, 0.2) is 0 Å². The number of rotatable bonds is 9. The molecule has 4 aliphatic rings. The SMILES string of the molecule is CC1CC(CC(CCCC(=O)[O-])(CC2CC(C)C3OC3C2)C(=O)[O-])CC2OC12. The van der Waals surface area contributed by atoms with E-state index < -0.39 is 17.4 Å². The Kier molecular flexibility index (Phi) is 5.47. The predicted molar refractivity (Wildman–Crippen MR) is 96.6 cm³/mol. The lowest BCUT2D eigenvalue weighted by Crippen LogP contribution is -2.46. The maximum atomic E-state index is 12.5. The summed E-state index contributed by atoms with van der Waals surface area (Å²) in [5.41, 5.74) is -0.965. The molecule has 2 aliphatic heterocycles. The Balaban J connectivity index is 1.47. The van der Waals surface area contributed by atoms with E-state index in [1.165, 1.54) is 0 Å². The van der Waals surface area contributed by atoms with Gasteiger partial charge in [0.1, 0.15) is 0 Å². The number of aliphatic carboxylic acids is 2. The van der Waals surface area contributed by atoms with Crippen molar-refractivity contribution in [1.29, 1.82) is 0 Å². The highest BCUT2D eigenvalue weighted by Gasteiger charge is 2.52. The Morgan fingerprint density at radius 1 is 0.893 bits per heavy atom. The molecule has 2 saturated heterocycles. The summed E-state index contributed by atoms with van der Waals surface area (Å²) in [4.78, 5) is 23.4. The number of carboxylic acid groups (broad SMARTS) is 2. The summed E-state index contributed by atoms with van der Waals surface area (Å²) < 4.78 is 11.5. The highest BCUT2D eigenvalue weighted by Crippen LogP contribution is 2.52. The van der Waals surface area contributed by atoms with Crippen molar-refractivity contribution in [3.8, 4) is 0 Å². The van der Waals surface area contributed by atoms with Crippen LogP contribution < -0.4 is 10.2 Å². The van der Waals surface area contributed by atoms with E-state index in [9.17, 15) is 19.8 Å². The van der Waals surface area contributed by atoms with E-state index in [0.717, 1.165) is 25.7 Å². The van der Waals surface area contributed by atoms with E-state index >= 15 is 0 Å². The first-order valence-electron chi connectivity index (χ1n) is 11.0. The van der Waals surface area contributed by atoms with Gasteiger partial charge in [-0.05, 0) is 81.5 Å². The first-order valence-corrected chi connectivity index (χ1v) is 11.0. The van der Waals surface area contributed by atoms with E-state index in [0.29, 0.717) is 61.6 Å². The first-order chi connectivity index (χ1) is 13.3. The van der Waals surface area contributed by atoms with Crippen LogP contribution in [0.2, 0.25) is 0 Å². The summed E-state index contributed by atoms with van der Waals surface area (Å²) in [6.07, 6.45) is 6.78. The fourth-order valence-corrected chi connectivity index (χ4v) is 6.43. The molecule has 6 nitrogen and oxygen atoms in total. The third-order valence-corrected chi connectivity index (χ3v) is 7.73. The van der Waals surface area contributed by atoms with Crippen LogP contribution in [0.5, 0.6) is 0 Å². The molecule has 2 heterocycles. The smallest absolute Gasteiger partial charge is 0.0867 e. The molecular formula is C22H32O6-2. The van der Waals surface area contributed by atoms with Gasteiger partial charge in [0.05, 0.1) is 24.4 Å². The Morgan fingerprint density at radius 2 is 1.39 bits per heavy atom. The second kappa shape index (κ2) is 7.60. The van der Waals surface area contributed by atoms with Crippen LogP contribution in [0.4, 0.5) is 0 Å². The molecule has 0 aromatic carbocycles. The van der Waals surface area contributed by atoms with Crippen LogP contribution in [0, 0.1) is 29.1 Å². The van der Waals surface area contributed by atoms with Gasteiger partial charge in [0.15, 0.2) is 0 Å². The third kappa shape index (κ3) is 4.23. The number of carbonyl (C=O) groups is 2. The molecule has 4 rings (SSSR count). The van der Waals surface area contributed by atoms with Gasteiger partial charge in [-0.25, -0.2) is 0 Å². The molecule has 0 N–H and O–H groups in total. The van der Waals surface area contributed by atoms with Crippen LogP contribution >= 0.6 is 0 Å². The Bertz CT molecular complexity index is 584. The van der Waals surface area contributed by atoms with Crippen molar-refractivity contribution < 1.29 is 29.3 Å². The molecule has 28 heavy (non-hydrogen) atoms. The van der Waals surface area contributed by atoms with Gasteiger partial charge in [-0.15, -0.1) is 0 Å². The fraction of sp³-hybridized carbons (Fsp3) is 0.909. The largest absolute Gasteiger partial charge is 0.550 e. The van der Waals surface area contributed by atoms with Crippen molar-refractivity contribution in [3.63, 3.8) is 0 Å². The van der Waals surface area contributed by atoms with Crippen LogP contribution in [0.1, 0.15) is 71.6 Å². The van der Waals surface area contributed by atoms with E-state index in [2.05, 4.69) is 13.8 Å². The highest BCUT2D eigenvalue weighted by molar-refractivity contribution is 5.72. The zero-order valence-corrected chi connectivity index (χ0v) is 16.9. The molecule has 2 aliphatic carbocycles. The Labute approximate surface area is 167 Å². The van der Waals surface area contributed by atoms with Crippen molar-refractivity contribution >= 4 is 11.9 Å². The molecule has 8 atom stereocenters. The van der Waals surface area contributed by atoms with Crippen molar-refractivity contribution in [3.05, 3.63) is 0 Å². The second-order valence-electron chi connectivity index (χ2n) is 10.1. The first kappa shape index (κ1) is 20.1. The number of fused-ring (bicyclic) bond motifs is 2. The molecular weight excluding hydrogens is 360 g/mol. The minimum absolute atomic E-state index is 0.0984. The normalized spacial score (nSPS) is 43.4. The average Bonchev–Trinajstić information content (AvgIpc) is 3.48. The molecule has 0 radical (unpaired) electrons. The molecule has 4 fully saturated rings. The van der Waals surface area contributed by atoms with Crippen LogP contribution in [0.3, 0.4) is 0 Å². The number of carboxylic acids is 2. The third-order valence-electron chi connectivity index (χ3n) is 7.73. The summed E-state index contributed by atoms with van der Waals surface area (Å²) in [5.74, 6) is -0.614. The molecule has 2 saturated carbocycles. The lowest BCUT2D eigenvalue weighted by Gasteiger charge is -2.42. The standard InChI is InChI=1S/C22H34O6/c1-12-6-14(8-16-19(12)27-16)10-22(21(25)26,5-3-4-18(23)24)11-15-7-13(2)20-17(9-15)28-20/h12-17,19-20H,3-11H2,1-2H3,(H,23,24)(H,25,26)/p-2. The van der Waals surface area contributed by atoms with Crippen LogP contribution in [-0.4, -0.2) is 36.4 Å². The van der Waals surface area contributed by atoms with Gasteiger partial charge in [0.2, 0.25) is 0 Å². The van der Waals surface area contributed by atoms with Gasteiger partial charge >= 0.3 is 0 Å². The highest BCUT2D eigenvalue weighted by atomic mass is 16.6. The van der Waals surface area contributed by atoms with Gasteiger partial charge < -0.3 is 29.3 Å². The number of ether oxygens (including phenoxy) is 2. The van der Waals surface area contributed by atoms with Gasteiger partial charge in [0, 0.05) is 17.4 Å². The van der Waals surface area contributed by atoms with E-state index in [4.69, 9.17) is 9.47 Å². The number of hydrogen-bond acceptors (Lipinski definition) is 6. The maximum Gasteiger partial charge on any atom is 0.0867 e. The molecule has 0 bridgehead atoms. The minimum Gasteiger partial charge on any atom is -0.550 e. The summed E-state index contributed by atoms with van der Waals surface area (Å²) in [7, 11) is 0. The molecule has 6 heteroatoms. The quantitative estimate of drug-likeness (QED) is 0.543. The molecule has 0 aromatic rings. The molecule has 0 amide bonds. The van der Waals surface area contributed by atoms with E-state index in [-0.39, 0.29) is 18.6 Å². The number of carbonyl (C=O) groups excluding carboxylic acids is 2. The van der Waals surface area contributed by atoms with Crippen molar-refractivity contribution in [2.75, 3.05) is 0 Å². The van der Waals surface area contributed by atoms with E-state index in [1.54, 1.807) is 0 Å². The summed E-state index contributed by atoms with van der Waals surface area (Å²) in [6.45, 7) is 4.36. The zero-order chi connectivity index (χ0) is 20.1. The predicted octanol–water partition coefficient (Wildman–Crippen LogP) is 1.05. The number of epoxide rings is 2. The van der Waals surface area contributed by atoms with Crippen molar-refractivity contribution in [2.45, 2.75) is 96.1 Å². The molecule has 0 spiro atoms. The lowest BCUT2D eigenvalue weighted by molar-refractivity contribution is -0.322. The molecule has 0 aromatic heterocycles. The monoisotopic (exact) mass is 392 g/mol. The van der Waals surface area contributed by atoms with Crippen LogP contribution in [0.25, 0.3) is 0 Å². The fourth-order valence-electron chi connectivity index (χ4n) is 6.43. The van der Waals surface area contributed by atoms with Crippen molar-refractivity contribution in [1.82, 2.24) is 0 Å². The van der Waals surface area contributed by atoms with Crippen LogP contribution in [-0.2, 0) is 19.1 Å². The zero-order valence-electron chi connectivity index (χ0n) is 16.9. The summed E-state index contributed by atoms with van der Waals surface area (Å²) in [6, 6.07) is 0.